The summed E-state index contributed by atoms with van der Waals surface area (Å²) in [7, 11) is 1.57. The summed E-state index contributed by atoms with van der Waals surface area (Å²) in [6.45, 7) is 3.38. The molecule has 0 aliphatic rings. The lowest BCUT2D eigenvalue weighted by Gasteiger charge is -2.25. The fourth-order valence-corrected chi connectivity index (χ4v) is 1.48. The Labute approximate surface area is 99.2 Å². The van der Waals surface area contributed by atoms with Crippen LogP contribution in [0.2, 0.25) is 0 Å². The summed E-state index contributed by atoms with van der Waals surface area (Å²) >= 11 is 0. The third-order valence-electron chi connectivity index (χ3n) is 2.30. The first-order chi connectivity index (χ1) is 7.71. The number of benzene rings is 1. The highest BCUT2D eigenvalue weighted by Crippen LogP contribution is 2.12. The summed E-state index contributed by atoms with van der Waals surface area (Å²) in [5, 5.41) is 0. The zero-order valence-corrected chi connectivity index (χ0v) is 10.1. The zero-order valence-electron chi connectivity index (χ0n) is 10.1. The summed E-state index contributed by atoms with van der Waals surface area (Å²) in [4.78, 5) is 13.1. The number of nitrogens with zero attached hydrogens (tertiary/aromatic N) is 1. The molecule has 0 radical (unpaired) electrons. The maximum Gasteiger partial charge on any atom is 0.242 e. The van der Waals surface area contributed by atoms with Crippen LogP contribution in [0.25, 0.3) is 0 Å². The van der Waals surface area contributed by atoms with Gasteiger partial charge in [-0.15, -0.1) is 0 Å². The van der Waals surface area contributed by atoms with Crippen molar-refractivity contribution in [3.8, 4) is 0 Å². The molecule has 0 aliphatic heterocycles. The van der Waals surface area contributed by atoms with Crippen molar-refractivity contribution < 1.29 is 13.6 Å². The van der Waals surface area contributed by atoms with Crippen LogP contribution in [0.15, 0.2) is 18.2 Å². The van der Waals surface area contributed by atoms with Gasteiger partial charge in [0.25, 0.3) is 0 Å². The molecule has 0 aliphatic carbocycles. The van der Waals surface area contributed by atoms with Crippen molar-refractivity contribution in [3.05, 3.63) is 35.4 Å². The lowest BCUT2D eigenvalue weighted by Crippen LogP contribution is -2.49. The van der Waals surface area contributed by atoms with Crippen molar-refractivity contribution in [1.82, 2.24) is 4.90 Å². The van der Waals surface area contributed by atoms with E-state index in [9.17, 15) is 13.6 Å². The van der Waals surface area contributed by atoms with Crippen LogP contribution in [0.3, 0.4) is 0 Å². The van der Waals surface area contributed by atoms with Crippen molar-refractivity contribution in [2.45, 2.75) is 25.9 Å². The largest absolute Gasteiger partial charge is 0.340 e. The number of hydrogen-bond donors (Lipinski definition) is 1. The van der Waals surface area contributed by atoms with Crippen LogP contribution in [0.5, 0.6) is 0 Å². The topological polar surface area (TPSA) is 46.3 Å². The summed E-state index contributed by atoms with van der Waals surface area (Å²) in [5.41, 5.74) is 5.20. The number of carbonyl (C=O) groups excluding carboxylic acids is 1. The van der Waals surface area contributed by atoms with Gasteiger partial charge in [-0.25, -0.2) is 8.78 Å². The van der Waals surface area contributed by atoms with Gasteiger partial charge >= 0.3 is 0 Å². The Morgan fingerprint density at radius 2 is 1.94 bits per heavy atom. The molecule has 1 rings (SSSR count). The van der Waals surface area contributed by atoms with Crippen molar-refractivity contribution >= 4 is 5.91 Å². The molecule has 94 valence electrons. The Morgan fingerprint density at radius 1 is 1.35 bits per heavy atom. The summed E-state index contributed by atoms with van der Waals surface area (Å²) in [6, 6.07) is 3.55. The van der Waals surface area contributed by atoms with Crippen LogP contribution in [0.4, 0.5) is 8.78 Å². The lowest BCUT2D eigenvalue weighted by atomic mass is 10.1. The van der Waals surface area contributed by atoms with Gasteiger partial charge in [-0.2, -0.15) is 0 Å². The Hall–Kier alpha value is -1.49. The van der Waals surface area contributed by atoms with Gasteiger partial charge < -0.3 is 10.6 Å². The van der Waals surface area contributed by atoms with E-state index in [0.717, 1.165) is 12.1 Å². The quantitative estimate of drug-likeness (QED) is 0.876. The van der Waals surface area contributed by atoms with Crippen LogP contribution in [-0.4, -0.2) is 23.4 Å². The van der Waals surface area contributed by atoms with E-state index >= 15 is 0 Å². The summed E-state index contributed by atoms with van der Waals surface area (Å²) < 4.78 is 25.7. The minimum Gasteiger partial charge on any atom is -0.340 e. The van der Waals surface area contributed by atoms with Crippen LogP contribution < -0.4 is 5.73 Å². The number of rotatable bonds is 3. The average Bonchev–Trinajstić information content (AvgIpc) is 2.21. The van der Waals surface area contributed by atoms with Crippen molar-refractivity contribution in [2.24, 2.45) is 5.73 Å². The zero-order chi connectivity index (χ0) is 13.2. The first-order valence-electron chi connectivity index (χ1n) is 5.20. The molecule has 1 aromatic rings. The molecule has 17 heavy (non-hydrogen) atoms. The van der Waals surface area contributed by atoms with Gasteiger partial charge in [0.05, 0.1) is 5.54 Å². The first kappa shape index (κ1) is 13.6. The predicted molar refractivity (Wildman–Crippen MR) is 61.1 cm³/mol. The fraction of sp³-hybridized carbons (Fsp3) is 0.417. The summed E-state index contributed by atoms with van der Waals surface area (Å²) in [6.07, 6.45) is 0. The number of amides is 1. The minimum atomic E-state index is -0.979. The molecular formula is C12H16F2N2O. The van der Waals surface area contributed by atoms with Gasteiger partial charge in [0, 0.05) is 13.6 Å². The molecule has 5 heteroatoms. The second-order valence-corrected chi connectivity index (χ2v) is 4.63. The highest BCUT2D eigenvalue weighted by molar-refractivity contribution is 5.84. The van der Waals surface area contributed by atoms with E-state index in [1.165, 1.54) is 11.0 Å². The molecule has 0 aromatic heterocycles. The van der Waals surface area contributed by atoms with Crippen LogP contribution >= 0.6 is 0 Å². The van der Waals surface area contributed by atoms with E-state index in [-0.39, 0.29) is 12.5 Å². The predicted octanol–water partition coefficient (Wildman–Crippen LogP) is 1.66. The third-order valence-corrected chi connectivity index (χ3v) is 2.30. The molecule has 1 amide bonds. The van der Waals surface area contributed by atoms with Crippen LogP contribution in [0.1, 0.15) is 19.4 Å². The van der Waals surface area contributed by atoms with Gasteiger partial charge in [0.15, 0.2) is 11.6 Å². The molecule has 0 saturated heterocycles. The van der Waals surface area contributed by atoms with Gasteiger partial charge in [0.1, 0.15) is 0 Å². The van der Waals surface area contributed by atoms with E-state index in [4.69, 9.17) is 5.73 Å². The van der Waals surface area contributed by atoms with Crippen molar-refractivity contribution in [2.75, 3.05) is 7.05 Å². The highest BCUT2D eigenvalue weighted by atomic mass is 19.2. The Balaban J connectivity index is 2.78. The minimum absolute atomic E-state index is 0.191. The van der Waals surface area contributed by atoms with Crippen LogP contribution in [0, 0.1) is 11.6 Å². The fourth-order valence-electron chi connectivity index (χ4n) is 1.48. The number of halogens is 2. The normalized spacial score (nSPS) is 11.4. The molecule has 0 saturated carbocycles. The van der Waals surface area contributed by atoms with Crippen molar-refractivity contribution in [1.29, 1.82) is 0 Å². The maximum absolute atomic E-state index is 13.0. The molecule has 0 bridgehead atoms. The van der Waals surface area contributed by atoms with E-state index in [0.29, 0.717) is 5.56 Å². The molecule has 0 fully saturated rings. The second-order valence-electron chi connectivity index (χ2n) is 4.63. The molecule has 1 aromatic carbocycles. The Bertz CT molecular complexity index is 427. The second kappa shape index (κ2) is 4.79. The highest BCUT2D eigenvalue weighted by Gasteiger charge is 2.25. The molecule has 0 unspecified atom stereocenters. The van der Waals surface area contributed by atoms with E-state index in [2.05, 4.69) is 0 Å². The maximum atomic E-state index is 13.0. The Morgan fingerprint density at radius 3 is 2.41 bits per heavy atom. The molecule has 0 spiro atoms. The van der Waals surface area contributed by atoms with Crippen molar-refractivity contribution in [3.63, 3.8) is 0 Å². The molecule has 0 atom stereocenters. The lowest BCUT2D eigenvalue weighted by molar-refractivity contribution is -0.135. The number of likely N-dealkylation sites (N-methyl/N-ethyl adjacent to an activating group) is 1. The smallest absolute Gasteiger partial charge is 0.242 e. The number of carbonyl (C=O) groups is 1. The monoisotopic (exact) mass is 242 g/mol. The average molecular weight is 242 g/mol. The molecule has 2 N–H and O–H groups in total. The summed E-state index contributed by atoms with van der Waals surface area (Å²) in [5.74, 6) is -2.08. The molecule has 0 heterocycles. The molecule has 3 nitrogen and oxygen atoms in total. The van der Waals surface area contributed by atoms with Gasteiger partial charge in [0.2, 0.25) is 5.91 Å². The van der Waals surface area contributed by atoms with Gasteiger partial charge in [-0.05, 0) is 31.5 Å². The standard InChI is InChI=1S/C12H16F2N2O/c1-12(2,15)11(17)16(3)7-8-4-5-9(13)10(14)6-8/h4-6H,7,15H2,1-3H3. The van der Waals surface area contributed by atoms with E-state index < -0.39 is 17.2 Å². The Kier molecular flexibility index (Phi) is 3.83. The third kappa shape index (κ3) is 3.49. The first-order valence-corrected chi connectivity index (χ1v) is 5.20. The van der Waals surface area contributed by atoms with E-state index in [1.54, 1.807) is 20.9 Å². The molecular weight excluding hydrogens is 226 g/mol. The SMILES string of the molecule is CN(Cc1ccc(F)c(F)c1)C(=O)C(C)(C)N. The van der Waals surface area contributed by atoms with Crippen LogP contribution in [-0.2, 0) is 11.3 Å². The van der Waals surface area contributed by atoms with Gasteiger partial charge in [-0.1, -0.05) is 6.07 Å². The number of nitrogens with two attached hydrogens (primary N) is 1. The van der Waals surface area contributed by atoms with Gasteiger partial charge in [-0.3, -0.25) is 4.79 Å². The number of hydrogen-bond acceptors (Lipinski definition) is 2. The van der Waals surface area contributed by atoms with E-state index in [1.807, 2.05) is 0 Å².